The Kier molecular flexibility index (Phi) is 7.21. The van der Waals surface area contributed by atoms with Crippen molar-refractivity contribution in [2.75, 3.05) is 20.2 Å². The number of halogens is 1. The molecule has 1 heterocycles. The van der Waals surface area contributed by atoms with Gasteiger partial charge in [0.15, 0.2) is 5.76 Å². The van der Waals surface area contributed by atoms with Crippen molar-refractivity contribution in [1.82, 2.24) is 4.90 Å². The molecule has 0 radical (unpaired) electrons. The number of phenols is 1. The Bertz CT molecular complexity index is 978. The van der Waals surface area contributed by atoms with E-state index in [1.165, 1.54) is 0 Å². The average Bonchev–Trinajstić information content (AvgIpc) is 3.02. The van der Waals surface area contributed by atoms with Crippen LogP contribution in [0, 0.1) is 6.92 Å². The minimum absolute atomic E-state index is 0.164. The molecule has 0 amide bonds. The van der Waals surface area contributed by atoms with E-state index >= 15 is 0 Å². The Balaban J connectivity index is 2.03. The number of aromatic hydroxyl groups is 1. The number of carbonyl (C=O) groups is 1. The van der Waals surface area contributed by atoms with Gasteiger partial charge in [0.2, 0.25) is 5.78 Å². The summed E-state index contributed by atoms with van der Waals surface area (Å²) in [4.78, 5) is 15.4. The van der Waals surface area contributed by atoms with Gasteiger partial charge in [0.1, 0.15) is 17.2 Å². The number of allylic oxidation sites excluding steroid dienone is 1. The van der Waals surface area contributed by atoms with Crippen molar-refractivity contribution in [3.8, 4) is 17.2 Å². The molecular formula is C24H28BrNO4. The minimum Gasteiger partial charge on any atom is -0.507 e. The molecule has 2 aromatic rings. The highest BCUT2D eigenvalue weighted by atomic mass is 79.9. The highest BCUT2D eigenvalue weighted by Crippen LogP contribution is 2.42. The maximum Gasteiger partial charge on any atom is 0.232 e. The van der Waals surface area contributed by atoms with E-state index < -0.39 is 0 Å². The number of methoxy groups -OCH3 is 1. The Morgan fingerprint density at radius 1 is 1.20 bits per heavy atom. The highest BCUT2D eigenvalue weighted by molar-refractivity contribution is 9.10. The number of ether oxygens (including phenoxy) is 2. The van der Waals surface area contributed by atoms with Crippen LogP contribution in [-0.4, -0.2) is 36.0 Å². The summed E-state index contributed by atoms with van der Waals surface area (Å²) in [5.41, 5.74) is 2.63. The number of phenolic OH excluding ortho intramolecular Hbond substituents is 1. The fraction of sp³-hybridized carbons (Fsp3) is 0.375. The molecule has 2 aromatic carbocycles. The van der Waals surface area contributed by atoms with Crippen molar-refractivity contribution in [1.29, 1.82) is 0 Å². The van der Waals surface area contributed by atoms with Crippen molar-refractivity contribution in [2.45, 2.75) is 40.2 Å². The van der Waals surface area contributed by atoms with Crippen LogP contribution < -0.4 is 9.47 Å². The topological polar surface area (TPSA) is 59.0 Å². The smallest absolute Gasteiger partial charge is 0.232 e. The van der Waals surface area contributed by atoms with Gasteiger partial charge in [0.25, 0.3) is 0 Å². The zero-order chi connectivity index (χ0) is 21.8. The molecule has 6 heteroatoms. The van der Waals surface area contributed by atoms with Crippen molar-refractivity contribution in [2.24, 2.45) is 0 Å². The van der Waals surface area contributed by atoms with Crippen LogP contribution in [0.25, 0.3) is 6.08 Å². The Morgan fingerprint density at radius 2 is 1.90 bits per heavy atom. The first kappa shape index (κ1) is 22.4. The zero-order valence-electron chi connectivity index (χ0n) is 17.9. The number of benzene rings is 2. The second-order valence-corrected chi connectivity index (χ2v) is 8.41. The van der Waals surface area contributed by atoms with Crippen molar-refractivity contribution in [3.63, 3.8) is 0 Å². The number of carbonyl (C=O) groups excluding carboxylic acids is 1. The monoisotopic (exact) mass is 473 g/mol. The third-order valence-corrected chi connectivity index (χ3v) is 5.65. The van der Waals surface area contributed by atoms with Gasteiger partial charge in [-0.1, -0.05) is 29.8 Å². The van der Waals surface area contributed by atoms with E-state index in [1.807, 2.05) is 25.1 Å². The quantitative estimate of drug-likeness (QED) is 0.497. The Morgan fingerprint density at radius 3 is 2.53 bits per heavy atom. The lowest BCUT2D eigenvalue weighted by Crippen LogP contribution is -2.25. The Labute approximate surface area is 186 Å². The lowest BCUT2D eigenvalue weighted by atomic mass is 9.99. The number of ketones is 1. The molecule has 30 heavy (non-hydrogen) atoms. The van der Waals surface area contributed by atoms with E-state index in [0.29, 0.717) is 34.7 Å². The lowest BCUT2D eigenvalue weighted by molar-refractivity contribution is 0.101. The van der Waals surface area contributed by atoms with E-state index in [2.05, 4.69) is 34.7 Å². The number of nitrogens with zero attached hydrogens (tertiary/aromatic N) is 1. The zero-order valence-corrected chi connectivity index (χ0v) is 19.5. The predicted octanol–water partition coefficient (Wildman–Crippen LogP) is 5.71. The van der Waals surface area contributed by atoms with Gasteiger partial charge in [0.05, 0.1) is 18.2 Å². The fourth-order valence-corrected chi connectivity index (χ4v) is 4.20. The summed E-state index contributed by atoms with van der Waals surface area (Å²) in [6, 6.07) is 7.25. The van der Waals surface area contributed by atoms with Gasteiger partial charge in [-0.3, -0.25) is 9.69 Å². The molecule has 1 aliphatic rings. The van der Waals surface area contributed by atoms with Gasteiger partial charge in [-0.2, -0.15) is 0 Å². The van der Waals surface area contributed by atoms with Crippen molar-refractivity contribution in [3.05, 3.63) is 56.8 Å². The van der Waals surface area contributed by atoms with Gasteiger partial charge >= 0.3 is 0 Å². The molecule has 5 nitrogen and oxygen atoms in total. The summed E-state index contributed by atoms with van der Waals surface area (Å²) in [6.07, 6.45) is 3.73. The maximum atomic E-state index is 13.2. The summed E-state index contributed by atoms with van der Waals surface area (Å²) < 4.78 is 12.4. The predicted molar refractivity (Wildman–Crippen MR) is 122 cm³/mol. The van der Waals surface area contributed by atoms with Crippen LogP contribution in [-0.2, 0) is 6.54 Å². The van der Waals surface area contributed by atoms with Crippen molar-refractivity contribution < 1.29 is 19.4 Å². The van der Waals surface area contributed by atoms with E-state index in [1.54, 1.807) is 19.3 Å². The molecule has 0 atom stereocenters. The standard InChI is InChI=1S/C24H28BrNO4/c1-5-9-26(10-6-2)14-18-19(27)11-15(3)22-23(28)21(30-24(18)22)13-16-12-17(25)7-8-20(16)29-4/h7-8,11-13,27H,5-6,9-10,14H2,1-4H3/b21-13+. The van der Waals surface area contributed by atoms with Gasteiger partial charge in [-0.15, -0.1) is 0 Å². The molecule has 160 valence electrons. The van der Waals surface area contributed by atoms with Crippen LogP contribution >= 0.6 is 15.9 Å². The van der Waals surface area contributed by atoms with Gasteiger partial charge < -0.3 is 14.6 Å². The van der Waals surface area contributed by atoms with Crippen LogP contribution in [0.1, 0.15) is 53.7 Å². The van der Waals surface area contributed by atoms with Crippen LogP contribution in [0.2, 0.25) is 0 Å². The molecule has 0 saturated carbocycles. The van der Waals surface area contributed by atoms with Crippen LogP contribution in [0.4, 0.5) is 0 Å². The molecule has 0 fully saturated rings. The van der Waals surface area contributed by atoms with Crippen molar-refractivity contribution >= 4 is 27.8 Å². The molecule has 0 spiro atoms. The van der Waals surface area contributed by atoms with E-state index in [0.717, 1.165) is 36.0 Å². The number of aryl methyl sites for hydroxylation is 1. The van der Waals surface area contributed by atoms with Gasteiger partial charge in [-0.25, -0.2) is 0 Å². The third kappa shape index (κ3) is 4.55. The number of Topliss-reactive ketones (excluding diaryl/α,β-unsaturated/α-hetero) is 1. The first-order chi connectivity index (χ1) is 14.4. The molecular weight excluding hydrogens is 446 g/mol. The highest BCUT2D eigenvalue weighted by Gasteiger charge is 2.33. The summed E-state index contributed by atoms with van der Waals surface area (Å²) in [5, 5.41) is 10.7. The number of hydrogen-bond donors (Lipinski definition) is 1. The first-order valence-corrected chi connectivity index (χ1v) is 11.0. The largest absolute Gasteiger partial charge is 0.507 e. The molecule has 0 saturated heterocycles. The van der Waals surface area contributed by atoms with E-state index in [4.69, 9.17) is 9.47 Å². The second kappa shape index (κ2) is 9.67. The number of hydrogen-bond acceptors (Lipinski definition) is 5. The van der Waals surface area contributed by atoms with E-state index in [9.17, 15) is 9.90 Å². The summed E-state index contributed by atoms with van der Waals surface area (Å²) >= 11 is 3.46. The molecule has 1 aliphatic heterocycles. The fourth-order valence-electron chi connectivity index (χ4n) is 3.82. The van der Waals surface area contributed by atoms with Crippen LogP contribution in [0.5, 0.6) is 17.2 Å². The molecule has 1 N–H and O–H groups in total. The minimum atomic E-state index is -0.177. The summed E-state index contributed by atoms with van der Waals surface area (Å²) in [6.45, 7) is 8.46. The molecule has 3 rings (SSSR count). The average molecular weight is 474 g/mol. The summed E-state index contributed by atoms with van der Waals surface area (Å²) in [7, 11) is 1.59. The lowest BCUT2D eigenvalue weighted by Gasteiger charge is -2.22. The van der Waals surface area contributed by atoms with Gasteiger partial charge in [-0.05, 0) is 68.8 Å². The molecule has 0 bridgehead atoms. The van der Waals surface area contributed by atoms with Crippen LogP contribution in [0.3, 0.4) is 0 Å². The maximum absolute atomic E-state index is 13.2. The second-order valence-electron chi connectivity index (χ2n) is 7.50. The SMILES string of the molecule is CCCN(CCC)Cc1c(O)cc(C)c2c1O/C(=C/c1cc(Br)ccc1OC)C2=O. The van der Waals surface area contributed by atoms with Gasteiger partial charge in [0, 0.05) is 16.6 Å². The molecule has 0 aliphatic carbocycles. The van der Waals surface area contributed by atoms with Crippen LogP contribution in [0.15, 0.2) is 34.5 Å². The first-order valence-electron chi connectivity index (χ1n) is 10.2. The third-order valence-electron chi connectivity index (χ3n) is 5.16. The number of rotatable bonds is 8. The van der Waals surface area contributed by atoms with E-state index in [-0.39, 0.29) is 17.3 Å². The molecule has 0 unspecified atom stereocenters. The Hall–Kier alpha value is -2.31. The summed E-state index contributed by atoms with van der Waals surface area (Å²) in [5.74, 6) is 1.33. The number of fused-ring (bicyclic) bond motifs is 1. The normalized spacial score (nSPS) is 14.3. The molecule has 0 aromatic heterocycles.